The molecule has 1 nitrogen and oxygen atoms in total. The minimum Gasteiger partial charge on any atom is -0.299 e. The molecule has 0 saturated carbocycles. The van der Waals surface area contributed by atoms with E-state index in [4.69, 9.17) is 11.6 Å². The summed E-state index contributed by atoms with van der Waals surface area (Å²) in [7, 11) is 0. The molecule has 0 amide bonds. The van der Waals surface area contributed by atoms with Gasteiger partial charge in [0.15, 0.2) is 0 Å². The predicted octanol–water partition coefficient (Wildman–Crippen LogP) is 2.52. The van der Waals surface area contributed by atoms with E-state index < -0.39 is 0 Å². The van der Waals surface area contributed by atoms with Crippen molar-refractivity contribution in [2.45, 2.75) is 32.2 Å². The highest BCUT2D eigenvalue weighted by molar-refractivity contribution is 6.18. The zero-order chi connectivity index (χ0) is 7.40. The summed E-state index contributed by atoms with van der Waals surface area (Å²) < 4.78 is 0. The van der Waals surface area contributed by atoms with Crippen LogP contribution in [-0.2, 0) is 0 Å². The zero-order valence-electron chi connectivity index (χ0n) is 7.05. The molecule has 1 fully saturated rings. The van der Waals surface area contributed by atoms with Crippen molar-refractivity contribution in [3.8, 4) is 0 Å². The maximum absolute atomic E-state index is 5.66. The molecule has 0 aromatic heterocycles. The first-order chi connectivity index (χ1) is 4.88. The van der Waals surface area contributed by atoms with Crippen molar-refractivity contribution >= 4 is 24.0 Å². The van der Waals surface area contributed by atoms with Gasteiger partial charge in [-0.2, -0.15) is 0 Å². The van der Waals surface area contributed by atoms with Crippen LogP contribution < -0.4 is 0 Å². The number of hydrogen-bond acceptors (Lipinski definition) is 1. The highest BCUT2D eigenvalue weighted by Crippen LogP contribution is 2.18. The molecule has 1 heterocycles. The molecular formula is C8H17Cl2N. The summed E-state index contributed by atoms with van der Waals surface area (Å²) in [6.45, 7) is 4.61. The quantitative estimate of drug-likeness (QED) is 0.630. The molecule has 11 heavy (non-hydrogen) atoms. The van der Waals surface area contributed by atoms with Crippen LogP contribution in [-0.4, -0.2) is 29.9 Å². The summed E-state index contributed by atoms with van der Waals surface area (Å²) >= 11 is 5.66. The number of rotatable bonds is 3. The Balaban J connectivity index is 0.000001000. The SMILES string of the molecule is CCC1CCCN1CCCl.Cl. The molecule has 0 aromatic carbocycles. The van der Waals surface area contributed by atoms with E-state index in [1.54, 1.807) is 0 Å². The van der Waals surface area contributed by atoms with E-state index in [1.165, 1.54) is 25.8 Å². The van der Waals surface area contributed by atoms with Crippen molar-refractivity contribution in [3.63, 3.8) is 0 Å². The van der Waals surface area contributed by atoms with E-state index in [-0.39, 0.29) is 12.4 Å². The van der Waals surface area contributed by atoms with Crippen LogP contribution in [0.1, 0.15) is 26.2 Å². The smallest absolute Gasteiger partial charge is 0.0351 e. The lowest BCUT2D eigenvalue weighted by molar-refractivity contribution is 0.263. The Morgan fingerprint density at radius 1 is 1.55 bits per heavy atom. The predicted molar refractivity (Wildman–Crippen MR) is 52.9 cm³/mol. The molecular weight excluding hydrogens is 181 g/mol. The van der Waals surface area contributed by atoms with Gasteiger partial charge in [0.2, 0.25) is 0 Å². The number of likely N-dealkylation sites (tertiary alicyclic amines) is 1. The van der Waals surface area contributed by atoms with E-state index in [9.17, 15) is 0 Å². The van der Waals surface area contributed by atoms with Gasteiger partial charge in [0, 0.05) is 18.5 Å². The van der Waals surface area contributed by atoms with Crippen molar-refractivity contribution in [3.05, 3.63) is 0 Å². The van der Waals surface area contributed by atoms with Gasteiger partial charge in [-0.1, -0.05) is 6.92 Å². The van der Waals surface area contributed by atoms with Crippen LogP contribution in [0.3, 0.4) is 0 Å². The fourth-order valence-electron chi connectivity index (χ4n) is 1.76. The highest BCUT2D eigenvalue weighted by Gasteiger charge is 2.21. The first-order valence-electron chi connectivity index (χ1n) is 4.18. The largest absolute Gasteiger partial charge is 0.299 e. The normalized spacial score (nSPS) is 25.1. The van der Waals surface area contributed by atoms with Crippen molar-refractivity contribution in [1.82, 2.24) is 4.90 Å². The van der Waals surface area contributed by atoms with E-state index in [0.717, 1.165) is 18.5 Å². The molecule has 0 radical (unpaired) electrons. The molecule has 1 rings (SSSR count). The van der Waals surface area contributed by atoms with Crippen molar-refractivity contribution < 1.29 is 0 Å². The number of hydrogen-bond donors (Lipinski definition) is 0. The number of halogens is 2. The number of alkyl halides is 1. The standard InChI is InChI=1S/C8H16ClN.ClH/c1-2-8-4-3-6-10(8)7-5-9;/h8H,2-7H2,1H3;1H. The second kappa shape index (κ2) is 6.10. The Kier molecular flexibility index (Phi) is 6.40. The average molecular weight is 198 g/mol. The molecule has 0 bridgehead atoms. The third-order valence-electron chi connectivity index (χ3n) is 2.34. The van der Waals surface area contributed by atoms with E-state index in [2.05, 4.69) is 11.8 Å². The van der Waals surface area contributed by atoms with Crippen LogP contribution in [0.5, 0.6) is 0 Å². The lowest BCUT2D eigenvalue weighted by Gasteiger charge is -2.21. The maximum atomic E-state index is 5.66. The topological polar surface area (TPSA) is 3.24 Å². The van der Waals surface area contributed by atoms with Gasteiger partial charge in [0.05, 0.1) is 0 Å². The van der Waals surface area contributed by atoms with Gasteiger partial charge in [0.25, 0.3) is 0 Å². The van der Waals surface area contributed by atoms with E-state index >= 15 is 0 Å². The van der Waals surface area contributed by atoms with Gasteiger partial charge >= 0.3 is 0 Å². The Morgan fingerprint density at radius 3 is 2.82 bits per heavy atom. The van der Waals surface area contributed by atoms with Crippen LogP contribution >= 0.6 is 24.0 Å². The van der Waals surface area contributed by atoms with Gasteiger partial charge in [-0.25, -0.2) is 0 Å². The van der Waals surface area contributed by atoms with Crippen LogP contribution in [0, 0.1) is 0 Å². The Labute approximate surface area is 80.5 Å². The molecule has 1 saturated heterocycles. The first kappa shape index (κ1) is 11.5. The fraction of sp³-hybridized carbons (Fsp3) is 1.00. The summed E-state index contributed by atoms with van der Waals surface area (Å²) in [5, 5.41) is 0. The minimum atomic E-state index is 0. The van der Waals surface area contributed by atoms with E-state index in [0.29, 0.717) is 0 Å². The molecule has 1 atom stereocenters. The van der Waals surface area contributed by atoms with Crippen molar-refractivity contribution in [2.75, 3.05) is 19.0 Å². The zero-order valence-corrected chi connectivity index (χ0v) is 8.63. The lowest BCUT2D eigenvalue weighted by Crippen LogP contribution is -2.30. The molecule has 0 spiro atoms. The molecule has 3 heteroatoms. The minimum absolute atomic E-state index is 0. The average Bonchev–Trinajstić information content (AvgIpc) is 2.36. The van der Waals surface area contributed by atoms with Crippen LogP contribution in [0.15, 0.2) is 0 Å². The summed E-state index contributed by atoms with van der Waals surface area (Å²) in [5.41, 5.74) is 0. The fourth-order valence-corrected chi connectivity index (χ4v) is 1.98. The maximum Gasteiger partial charge on any atom is 0.0351 e. The van der Waals surface area contributed by atoms with Gasteiger partial charge in [-0.05, 0) is 25.8 Å². The Hall–Kier alpha value is 0.540. The summed E-state index contributed by atoms with van der Waals surface area (Å²) in [6.07, 6.45) is 4.04. The molecule has 1 unspecified atom stereocenters. The van der Waals surface area contributed by atoms with Gasteiger partial charge in [0.1, 0.15) is 0 Å². The highest BCUT2D eigenvalue weighted by atomic mass is 35.5. The molecule has 1 aliphatic rings. The van der Waals surface area contributed by atoms with Crippen molar-refractivity contribution in [1.29, 1.82) is 0 Å². The molecule has 0 aliphatic carbocycles. The summed E-state index contributed by atoms with van der Waals surface area (Å²) in [5.74, 6) is 0.788. The first-order valence-corrected chi connectivity index (χ1v) is 4.72. The molecule has 68 valence electrons. The van der Waals surface area contributed by atoms with Crippen molar-refractivity contribution in [2.24, 2.45) is 0 Å². The summed E-state index contributed by atoms with van der Waals surface area (Å²) in [4.78, 5) is 2.51. The molecule has 0 aromatic rings. The summed E-state index contributed by atoms with van der Waals surface area (Å²) in [6, 6.07) is 0.832. The number of nitrogens with zero attached hydrogens (tertiary/aromatic N) is 1. The third kappa shape index (κ3) is 3.18. The van der Waals surface area contributed by atoms with Crippen LogP contribution in [0.4, 0.5) is 0 Å². The van der Waals surface area contributed by atoms with Gasteiger partial charge in [-0.3, -0.25) is 4.90 Å². The monoisotopic (exact) mass is 197 g/mol. The molecule has 0 N–H and O–H groups in total. The van der Waals surface area contributed by atoms with Crippen LogP contribution in [0.2, 0.25) is 0 Å². The Morgan fingerprint density at radius 2 is 2.27 bits per heavy atom. The van der Waals surface area contributed by atoms with Gasteiger partial charge in [-0.15, -0.1) is 24.0 Å². The second-order valence-corrected chi connectivity index (χ2v) is 3.31. The second-order valence-electron chi connectivity index (χ2n) is 2.93. The molecule has 1 aliphatic heterocycles. The Bertz CT molecular complexity index is 98.1. The lowest BCUT2D eigenvalue weighted by atomic mass is 10.2. The van der Waals surface area contributed by atoms with Gasteiger partial charge < -0.3 is 0 Å². The van der Waals surface area contributed by atoms with E-state index in [1.807, 2.05) is 0 Å². The van der Waals surface area contributed by atoms with Crippen LogP contribution in [0.25, 0.3) is 0 Å². The third-order valence-corrected chi connectivity index (χ3v) is 2.51.